The summed E-state index contributed by atoms with van der Waals surface area (Å²) in [4.78, 5) is 4.07. The lowest BCUT2D eigenvalue weighted by Crippen LogP contribution is -2.23. The maximum Gasteiger partial charge on any atom is 0.389 e. The number of hydrogen-bond acceptors (Lipinski definition) is 2. The fourth-order valence-corrected chi connectivity index (χ4v) is 1.45. The SMILES string of the molecule is NC(CCCC(F)(F)F)Cc1ccccn1. The van der Waals surface area contributed by atoms with Crippen molar-refractivity contribution in [3.63, 3.8) is 0 Å². The standard InChI is InChI=1S/C11H15F3N2/c12-11(13,14)6-3-4-9(15)8-10-5-1-2-7-16-10/h1-2,5,7,9H,3-4,6,8,15H2. The van der Waals surface area contributed by atoms with Crippen LogP contribution >= 0.6 is 0 Å². The Morgan fingerprint density at radius 3 is 2.62 bits per heavy atom. The van der Waals surface area contributed by atoms with E-state index in [1.807, 2.05) is 12.1 Å². The van der Waals surface area contributed by atoms with Crippen LogP contribution in [-0.2, 0) is 6.42 Å². The zero-order valence-electron chi connectivity index (χ0n) is 8.87. The lowest BCUT2D eigenvalue weighted by atomic mass is 10.1. The molecule has 0 aliphatic carbocycles. The van der Waals surface area contributed by atoms with Crippen molar-refractivity contribution in [2.24, 2.45) is 5.73 Å². The predicted octanol–water partition coefficient (Wildman–Crippen LogP) is 2.68. The molecule has 0 aliphatic heterocycles. The normalized spacial score (nSPS) is 13.8. The van der Waals surface area contributed by atoms with E-state index in [-0.39, 0.29) is 12.5 Å². The summed E-state index contributed by atoms with van der Waals surface area (Å²) in [6.45, 7) is 0. The molecule has 2 N–H and O–H groups in total. The number of alkyl halides is 3. The van der Waals surface area contributed by atoms with Crippen LogP contribution in [0, 0.1) is 0 Å². The molecule has 1 rings (SSSR count). The van der Waals surface area contributed by atoms with E-state index in [9.17, 15) is 13.2 Å². The zero-order chi connectivity index (χ0) is 12.0. The maximum absolute atomic E-state index is 11.9. The molecule has 1 aromatic heterocycles. The van der Waals surface area contributed by atoms with Gasteiger partial charge in [-0.25, -0.2) is 0 Å². The molecule has 0 bridgehead atoms. The Morgan fingerprint density at radius 1 is 1.31 bits per heavy atom. The van der Waals surface area contributed by atoms with Crippen LogP contribution in [0.2, 0.25) is 0 Å². The third kappa shape index (κ3) is 5.70. The Bertz CT molecular complexity index is 298. The molecule has 0 radical (unpaired) electrons. The number of pyridine rings is 1. The smallest absolute Gasteiger partial charge is 0.327 e. The molecule has 1 atom stereocenters. The molecule has 5 heteroatoms. The second-order valence-electron chi connectivity index (χ2n) is 3.79. The van der Waals surface area contributed by atoms with Gasteiger partial charge in [-0.3, -0.25) is 4.98 Å². The Kier molecular flexibility index (Phi) is 4.73. The Hall–Kier alpha value is -1.10. The van der Waals surface area contributed by atoms with Crippen molar-refractivity contribution < 1.29 is 13.2 Å². The van der Waals surface area contributed by atoms with Crippen molar-refractivity contribution in [2.75, 3.05) is 0 Å². The number of nitrogens with two attached hydrogens (primary N) is 1. The van der Waals surface area contributed by atoms with Gasteiger partial charge in [0.1, 0.15) is 0 Å². The minimum absolute atomic E-state index is 0.0809. The van der Waals surface area contributed by atoms with Crippen molar-refractivity contribution in [1.29, 1.82) is 0 Å². The molecule has 1 unspecified atom stereocenters. The molecule has 16 heavy (non-hydrogen) atoms. The molecular formula is C11H15F3N2. The van der Waals surface area contributed by atoms with E-state index >= 15 is 0 Å². The van der Waals surface area contributed by atoms with E-state index in [4.69, 9.17) is 5.73 Å². The molecular weight excluding hydrogens is 217 g/mol. The molecule has 90 valence electrons. The predicted molar refractivity (Wildman–Crippen MR) is 55.8 cm³/mol. The second-order valence-corrected chi connectivity index (χ2v) is 3.79. The highest BCUT2D eigenvalue weighted by Gasteiger charge is 2.26. The van der Waals surface area contributed by atoms with Crippen LogP contribution in [0.25, 0.3) is 0 Å². The van der Waals surface area contributed by atoms with E-state index in [0.29, 0.717) is 12.8 Å². The van der Waals surface area contributed by atoms with Crippen molar-refractivity contribution in [1.82, 2.24) is 4.98 Å². The molecule has 0 saturated carbocycles. The van der Waals surface area contributed by atoms with Crippen molar-refractivity contribution in [2.45, 2.75) is 37.9 Å². The topological polar surface area (TPSA) is 38.9 Å². The van der Waals surface area contributed by atoms with Gasteiger partial charge in [-0.15, -0.1) is 0 Å². The molecule has 0 spiro atoms. The second kappa shape index (κ2) is 5.84. The van der Waals surface area contributed by atoms with E-state index in [1.54, 1.807) is 12.3 Å². The van der Waals surface area contributed by atoms with Gasteiger partial charge in [-0.2, -0.15) is 13.2 Å². The summed E-state index contributed by atoms with van der Waals surface area (Å²) in [5, 5.41) is 0. The largest absolute Gasteiger partial charge is 0.389 e. The number of hydrogen-bond donors (Lipinski definition) is 1. The summed E-state index contributed by atoms with van der Waals surface area (Å²) < 4.78 is 35.6. The van der Waals surface area contributed by atoms with Crippen LogP contribution in [0.4, 0.5) is 13.2 Å². The van der Waals surface area contributed by atoms with Crippen LogP contribution in [0.15, 0.2) is 24.4 Å². The third-order valence-electron chi connectivity index (χ3n) is 2.23. The first kappa shape index (κ1) is 13.0. The summed E-state index contributed by atoms with van der Waals surface area (Å²) in [7, 11) is 0. The molecule has 0 fully saturated rings. The Morgan fingerprint density at radius 2 is 2.06 bits per heavy atom. The molecule has 0 aromatic carbocycles. The average molecular weight is 232 g/mol. The van der Waals surface area contributed by atoms with E-state index in [2.05, 4.69) is 4.98 Å². The summed E-state index contributed by atoms with van der Waals surface area (Å²) in [6.07, 6.45) is -2.21. The van der Waals surface area contributed by atoms with Crippen LogP contribution in [0.3, 0.4) is 0 Å². The number of aromatic nitrogens is 1. The van der Waals surface area contributed by atoms with E-state index in [0.717, 1.165) is 5.69 Å². The fraction of sp³-hybridized carbons (Fsp3) is 0.545. The number of rotatable bonds is 5. The first-order chi connectivity index (χ1) is 7.47. The van der Waals surface area contributed by atoms with Gasteiger partial charge in [0.25, 0.3) is 0 Å². The van der Waals surface area contributed by atoms with Gasteiger partial charge in [0.05, 0.1) is 0 Å². The quantitative estimate of drug-likeness (QED) is 0.847. The number of halogens is 3. The lowest BCUT2D eigenvalue weighted by molar-refractivity contribution is -0.135. The van der Waals surface area contributed by atoms with Gasteiger partial charge in [-0.1, -0.05) is 6.07 Å². The third-order valence-corrected chi connectivity index (χ3v) is 2.23. The van der Waals surface area contributed by atoms with Gasteiger partial charge < -0.3 is 5.73 Å². The molecule has 0 amide bonds. The minimum atomic E-state index is -4.08. The zero-order valence-corrected chi connectivity index (χ0v) is 8.87. The highest BCUT2D eigenvalue weighted by molar-refractivity contribution is 5.04. The summed E-state index contributed by atoms with van der Waals surface area (Å²) >= 11 is 0. The van der Waals surface area contributed by atoms with Crippen LogP contribution in [0.1, 0.15) is 25.0 Å². The van der Waals surface area contributed by atoms with Crippen molar-refractivity contribution in [3.8, 4) is 0 Å². The van der Waals surface area contributed by atoms with Gasteiger partial charge in [0.2, 0.25) is 0 Å². The van der Waals surface area contributed by atoms with Gasteiger partial charge in [0.15, 0.2) is 0 Å². The molecule has 0 aliphatic rings. The van der Waals surface area contributed by atoms with Gasteiger partial charge in [-0.05, 0) is 25.0 Å². The van der Waals surface area contributed by atoms with Crippen LogP contribution in [0.5, 0.6) is 0 Å². The van der Waals surface area contributed by atoms with Gasteiger partial charge >= 0.3 is 6.18 Å². The number of nitrogens with zero attached hydrogens (tertiary/aromatic N) is 1. The Balaban J connectivity index is 2.24. The van der Waals surface area contributed by atoms with E-state index < -0.39 is 12.6 Å². The molecule has 2 nitrogen and oxygen atoms in total. The lowest BCUT2D eigenvalue weighted by Gasteiger charge is -2.11. The van der Waals surface area contributed by atoms with Crippen molar-refractivity contribution in [3.05, 3.63) is 30.1 Å². The molecule has 0 saturated heterocycles. The minimum Gasteiger partial charge on any atom is -0.327 e. The molecule has 1 heterocycles. The summed E-state index contributed by atoms with van der Waals surface area (Å²) in [5.41, 5.74) is 6.55. The summed E-state index contributed by atoms with van der Waals surface area (Å²) in [5.74, 6) is 0. The first-order valence-corrected chi connectivity index (χ1v) is 5.19. The van der Waals surface area contributed by atoms with Gasteiger partial charge in [0, 0.05) is 30.8 Å². The molecule has 1 aromatic rings. The highest BCUT2D eigenvalue weighted by atomic mass is 19.4. The van der Waals surface area contributed by atoms with E-state index in [1.165, 1.54) is 0 Å². The average Bonchev–Trinajstić information content (AvgIpc) is 2.17. The fourth-order valence-electron chi connectivity index (χ4n) is 1.45. The highest BCUT2D eigenvalue weighted by Crippen LogP contribution is 2.22. The monoisotopic (exact) mass is 232 g/mol. The summed E-state index contributed by atoms with van der Waals surface area (Å²) in [6, 6.07) is 5.20. The van der Waals surface area contributed by atoms with Crippen LogP contribution in [-0.4, -0.2) is 17.2 Å². The maximum atomic E-state index is 11.9. The van der Waals surface area contributed by atoms with Crippen molar-refractivity contribution >= 4 is 0 Å². The van der Waals surface area contributed by atoms with Crippen LogP contribution < -0.4 is 5.73 Å². The first-order valence-electron chi connectivity index (χ1n) is 5.19. The Labute approximate surface area is 92.7 Å².